The molecule has 0 saturated carbocycles. The van der Waals surface area contributed by atoms with Crippen LogP contribution in [-0.4, -0.2) is 107 Å². The summed E-state index contributed by atoms with van der Waals surface area (Å²) in [6.45, 7) is 3.95. The molecule has 0 bridgehead atoms. The number of benzene rings is 1. The molecule has 21 heteroatoms. The van der Waals surface area contributed by atoms with Gasteiger partial charge in [-0.3, -0.25) is 19.2 Å². The van der Waals surface area contributed by atoms with Crippen molar-refractivity contribution in [3.05, 3.63) is 22.2 Å². The van der Waals surface area contributed by atoms with Crippen LogP contribution in [0.5, 0.6) is 5.75 Å². The molecule has 1 saturated heterocycles. The van der Waals surface area contributed by atoms with Gasteiger partial charge in [-0.1, -0.05) is 15.9 Å². The van der Waals surface area contributed by atoms with Gasteiger partial charge >= 0.3 is 24.1 Å². The Morgan fingerprint density at radius 3 is 2.02 bits per heavy atom. The lowest BCUT2D eigenvalue weighted by atomic mass is 10.1. The third-order valence-corrected chi connectivity index (χ3v) is 6.12. The van der Waals surface area contributed by atoms with Gasteiger partial charge in [0, 0.05) is 45.0 Å². The highest BCUT2D eigenvalue weighted by atomic mass is 79.9. The first kappa shape index (κ1) is 44.8. The number of hydrogen-bond donors (Lipinski definition) is 3. The van der Waals surface area contributed by atoms with Gasteiger partial charge in [-0.2, -0.15) is 13.2 Å². The maximum atomic E-state index is 13.4. The highest BCUT2D eigenvalue weighted by molar-refractivity contribution is 9.10. The average molecular weight is 786 g/mol. The molecule has 1 fully saturated rings. The summed E-state index contributed by atoms with van der Waals surface area (Å²) in [5.74, 6) is -4.92. The van der Waals surface area contributed by atoms with Gasteiger partial charge in [0.1, 0.15) is 29.8 Å². The summed E-state index contributed by atoms with van der Waals surface area (Å²) >= 11 is -0.0434. The van der Waals surface area contributed by atoms with Gasteiger partial charge < -0.3 is 47.9 Å². The number of carbonyl (C=O) groups excluding carboxylic acids is 3. The fourth-order valence-corrected chi connectivity index (χ4v) is 4.60. The Kier molecular flexibility index (Phi) is 21.6. The number of aliphatic carboxylic acids is 2. The van der Waals surface area contributed by atoms with Crippen LogP contribution >= 0.6 is 15.9 Å². The molecule has 2 rings (SSSR count). The van der Waals surface area contributed by atoms with Crippen molar-refractivity contribution >= 4 is 56.9 Å². The van der Waals surface area contributed by atoms with Crippen molar-refractivity contribution in [3.63, 3.8) is 0 Å². The number of hydrogen-bond acceptors (Lipinski definition) is 13. The fourth-order valence-electron chi connectivity index (χ4n) is 3.46. The van der Waals surface area contributed by atoms with Crippen LogP contribution in [-0.2, 0) is 69.7 Å². The first-order chi connectivity index (χ1) is 22.2. The van der Waals surface area contributed by atoms with Crippen LogP contribution in [0, 0.1) is 0 Å². The SMILES string of the molecule is CC(=O)O.CC(=O)O.CC(=O)OCC1CC(OC(C)=O)CC(OCCOCCOCC(=O)Oc2c(S(=O)O)cc(Br)cc2C(F)(F)F)O1. The molecule has 48 heavy (non-hydrogen) atoms. The third kappa shape index (κ3) is 21.6. The monoisotopic (exact) mass is 784 g/mol. The number of carboxylic acid groups (broad SMARTS) is 2. The van der Waals surface area contributed by atoms with Crippen molar-refractivity contribution < 1.29 is 89.3 Å². The van der Waals surface area contributed by atoms with Gasteiger partial charge in [0.15, 0.2) is 23.1 Å². The minimum absolute atomic E-state index is 0.00863. The summed E-state index contributed by atoms with van der Waals surface area (Å²) in [6.07, 6.45) is -6.12. The molecule has 16 nitrogen and oxygen atoms in total. The predicted octanol–water partition coefficient (Wildman–Crippen LogP) is 3.19. The number of ether oxygens (including phenoxy) is 7. The molecular formula is C27H36BrF3O16S. The Morgan fingerprint density at radius 2 is 1.50 bits per heavy atom. The molecule has 1 heterocycles. The van der Waals surface area contributed by atoms with E-state index in [4.69, 9.17) is 53.0 Å². The van der Waals surface area contributed by atoms with Crippen LogP contribution in [0.15, 0.2) is 21.5 Å². The number of rotatable bonds is 14. The molecule has 0 amide bonds. The van der Waals surface area contributed by atoms with Crippen LogP contribution in [0.4, 0.5) is 13.2 Å². The number of alkyl halides is 3. The van der Waals surface area contributed by atoms with E-state index < -0.39 is 88.4 Å². The van der Waals surface area contributed by atoms with Crippen molar-refractivity contribution in [1.82, 2.24) is 0 Å². The Balaban J connectivity index is 0.00000247. The van der Waals surface area contributed by atoms with Crippen molar-refractivity contribution in [2.75, 3.05) is 39.6 Å². The molecule has 0 radical (unpaired) electrons. The van der Waals surface area contributed by atoms with Crippen molar-refractivity contribution in [2.24, 2.45) is 0 Å². The normalized spacial score (nSPS) is 17.7. The lowest BCUT2D eigenvalue weighted by Gasteiger charge is -2.34. The minimum Gasteiger partial charge on any atom is -0.481 e. The van der Waals surface area contributed by atoms with Crippen LogP contribution in [0.2, 0.25) is 0 Å². The van der Waals surface area contributed by atoms with Crippen LogP contribution in [0.25, 0.3) is 0 Å². The smallest absolute Gasteiger partial charge is 0.420 e. The highest BCUT2D eigenvalue weighted by Crippen LogP contribution is 2.41. The van der Waals surface area contributed by atoms with E-state index in [2.05, 4.69) is 15.9 Å². The van der Waals surface area contributed by atoms with E-state index >= 15 is 0 Å². The van der Waals surface area contributed by atoms with Gasteiger partial charge in [-0.25, -0.2) is 9.00 Å². The molecule has 0 aliphatic carbocycles. The Morgan fingerprint density at radius 1 is 0.938 bits per heavy atom. The maximum absolute atomic E-state index is 13.4. The van der Waals surface area contributed by atoms with Crippen molar-refractivity contribution in [1.29, 1.82) is 0 Å². The second-order valence-corrected chi connectivity index (χ2v) is 11.1. The Bertz CT molecular complexity index is 1230. The second kappa shape index (κ2) is 23.2. The van der Waals surface area contributed by atoms with Crippen molar-refractivity contribution in [2.45, 2.75) is 70.1 Å². The molecular weight excluding hydrogens is 749 g/mol. The van der Waals surface area contributed by atoms with E-state index in [9.17, 15) is 36.3 Å². The summed E-state index contributed by atoms with van der Waals surface area (Å²) in [5.41, 5.74) is -1.41. The quantitative estimate of drug-likeness (QED) is 0.107. The third-order valence-electron chi connectivity index (χ3n) is 4.98. The number of esters is 3. The first-order valence-electron chi connectivity index (χ1n) is 13.6. The van der Waals surface area contributed by atoms with E-state index in [0.717, 1.165) is 19.9 Å². The van der Waals surface area contributed by atoms with E-state index in [0.29, 0.717) is 12.5 Å². The zero-order valence-electron chi connectivity index (χ0n) is 26.1. The van der Waals surface area contributed by atoms with E-state index in [1.807, 2.05) is 0 Å². The summed E-state index contributed by atoms with van der Waals surface area (Å²) in [5, 5.41) is 14.8. The first-order valence-corrected chi connectivity index (χ1v) is 15.5. The van der Waals surface area contributed by atoms with Crippen LogP contribution in [0.3, 0.4) is 0 Å². The summed E-state index contributed by atoms with van der Waals surface area (Å²) < 4.78 is 97.2. The second-order valence-electron chi connectivity index (χ2n) is 9.27. The fraction of sp³-hybridized carbons (Fsp3) is 0.593. The molecule has 4 unspecified atom stereocenters. The summed E-state index contributed by atoms with van der Waals surface area (Å²) in [7, 11) is 0. The molecule has 1 aromatic carbocycles. The molecule has 3 N–H and O–H groups in total. The van der Waals surface area contributed by atoms with Gasteiger partial charge in [-0.15, -0.1) is 0 Å². The van der Waals surface area contributed by atoms with Crippen LogP contribution < -0.4 is 4.74 Å². The van der Waals surface area contributed by atoms with Gasteiger partial charge in [-0.05, 0) is 12.1 Å². The molecule has 274 valence electrons. The zero-order valence-corrected chi connectivity index (χ0v) is 28.5. The average Bonchev–Trinajstić information content (AvgIpc) is 2.92. The van der Waals surface area contributed by atoms with Crippen LogP contribution in [0.1, 0.15) is 46.1 Å². The van der Waals surface area contributed by atoms with E-state index in [1.54, 1.807) is 0 Å². The highest BCUT2D eigenvalue weighted by Gasteiger charge is 2.38. The number of halogens is 4. The lowest BCUT2D eigenvalue weighted by molar-refractivity contribution is -0.232. The number of carbonyl (C=O) groups is 5. The largest absolute Gasteiger partial charge is 0.481 e. The summed E-state index contributed by atoms with van der Waals surface area (Å²) in [4.78, 5) is 51.6. The standard InChI is InChI=1S/C23H28BrF3O12S.2C2H4O2/c1-13(28)36-11-17-9-16(37-14(2)29)10-21(38-17)35-6-5-33-3-4-34-12-20(30)39-22-18(23(25,26)27)7-15(24)8-19(22)40(31)32;2*1-2(3)4/h7-8,16-17,21H,3-6,9-12H2,1-2H3,(H,31,32);2*1H3,(H,3,4). The summed E-state index contributed by atoms with van der Waals surface area (Å²) in [6, 6.07) is 1.55. The van der Waals surface area contributed by atoms with Gasteiger partial charge in [0.2, 0.25) is 0 Å². The predicted molar refractivity (Wildman–Crippen MR) is 158 cm³/mol. The molecule has 1 aromatic rings. The molecule has 0 aromatic heterocycles. The topological polar surface area (TPSA) is 228 Å². The van der Waals surface area contributed by atoms with Gasteiger partial charge in [0.05, 0.1) is 32.5 Å². The minimum atomic E-state index is -4.96. The van der Waals surface area contributed by atoms with E-state index in [1.165, 1.54) is 13.8 Å². The number of carboxylic acids is 2. The Labute approximate surface area is 283 Å². The lowest BCUT2D eigenvalue weighted by Crippen LogP contribution is -2.41. The van der Waals surface area contributed by atoms with E-state index in [-0.39, 0.29) is 43.9 Å². The van der Waals surface area contributed by atoms with Gasteiger partial charge in [0.25, 0.3) is 11.9 Å². The zero-order chi connectivity index (χ0) is 37.0. The van der Waals surface area contributed by atoms with Crippen molar-refractivity contribution in [3.8, 4) is 5.75 Å². The maximum Gasteiger partial charge on any atom is 0.420 e. The Hall–Kier alpha value is -3.21. The molecule has 0 spiro atoms. The molecule has 4 atom stereocenters. The molecule has 1 aliphatic heterocycles. The molecule has 1 aliphatic rings.